The third-order valence-corrected chi connectivity index (χ3v) is 5.48. The van der Waals surface area contributed by atoms with Crippen LogP contribution in [0.15, 0.2) is 0 Å². The van der Waals surface area contributed by atoms with Crippen LogP contribution in [0.5, 0.6) is 0 Å². The summed E-state index contributed by atoms with van der Waals surface area (Å²) in [4.78, 5) is 25.4. The van der Waals surface area contributed by atoms with E-state index in [-0.39, 0.29) is 17.5 Å². The second-order valence-electron chi connectivity index (χ2n) is 7.59. The van der Waals surface area contributed by atoms with Gasteiger partial charge in [0.15, 0.2) is 0 Å². The summed E-state index contributed by atoms with van der Waals surface area (Å²) in [6.07, 6.45) is 5.66. The van der Waals surface area contributed by atoms with Crippen molar-refractivity contribution >= 4 is 12.0 Å². The molecule has 0 bridgehead atoms. The van der Waals surface area contributed by atoms with E-state index in [9.17, 15) is 14.7 Å². The quantitative estimate of drug-likeness (QED) is 0.823. The molecule has 1 aliphatic carbocycles. The molecule has 21 heavy (non-hydrogen) atoms. The monoisotopic (exact) mass is 296 g/mol. The van der Waals surface area contributed by atoms with E-state index in [0.717, 1.165) is 12.8 Å². The molecule has 1 unspecified atom stereocenters. The van der Waals surface area contributed by atoms with E-state index in [1.807, 2.05) is 0 Å². The summed E-state index contributed by atoms with van der Waals surface area (Å²) >= 11 is 0. The van der Waals surface area contributed by atoms with Crippen molar-refractivity contribution in [1.29, 1.82) is 0 Å². The van der Waals surface area contributed by atoms with Gasteiger partial charge in [0, 0.05) is 19.1 Å². The molecule has 5 nitrogen and oxygen atoms in total. The average molecular weight is 296 g/mol. The van der Waals surface area contributed by atoms with Gasteiger partial charge in [0.05, 0.1) is 5.41 Å². The Morgan fingerprint density at radius 3 is 2.24 bits per heavy atom. The maximum absolute atomic E-state index is 12.4. The maximum Gasteiger partial charge on any atom is 0.317 e. The molecule has 2 aliphatic rings. The lowest BCUT2D eigenvalue weighted by atomic mass is 9.73. The van der Waals surface area contributed by atoms with Crippen LogP contribution in [-0.4, -0.2) is 41.1 Å². The first-order valence-corrected chi connectivity index (χ1v) is 8.03. The molecule has 1 heterocycles. The van der Waals surface area contributed by atoms with E-state index in [1.165, 1.54) is 12.8 Å². The highest BCUT2D eigenvalue weighted by Gasteiger charge is 2.39. The fourth-order valence-corrected chi connectivity index (χ4v) is 3.42. The predicted molar refractivity (Wildman–Crippen MR) is 81.1 cm³/mol. The third kappa shape index (κ3) is 3.50. The Bertz CT molecular complexity index is 412. The van der Waals surface area contributed by atoms with E-state index in [2.05, 4.69) is 19.2 Å². The van der Waals surface area contributed by atoms with Gasteiger partial charge in [-0.25, -0.2) is 4.79 Å². The normalized spacial score (nSPS) is 28.0. The van der Waals surface area contributed by atoms with Crippen LogP contribution in [0.3, 0.4) is 0 Å². The Kier molecular flexibility index (Phi) is 4.49. The van der Waals surface area contributed by atoms with Crippen molar-refractivity contribution in [1.82, 2.24) is 10.2 Å². The van der Waals surface area contributed by atoms with Crippen molar-refractivity contribution in [3.63, 3.8) is 0 Å². The number of carboxylic acid groups (broad SMARTS) is 1. The molecule has 0 aromatic heterocycles. The van der Waals surface area contributed by atoms with Crippen molar-refractivity contribution in [3.8, 4) is 0 Å². The number of nitrogens with zero attached hydrogens (tertiary/aromatic N) is 1. The molecule has 0 aromatic rings. The third-order valence-electron chi connectivity index (χ3n) is 5.48. The lowest BCUT2D eigenvalue weighted by Crippen LogP contribution is -2.54. The number of carbonyl (C=O) groups is 2. The lowest BCUT2D eigenvalue weighted by Gasteiger charge is -2.41. The number of carbonyl (C=O) groups excluding carboxylic acids is 1. The van der Waals surface area contributed by atoms with Crippen molar-refractivity contribution in [3.05, 3.63) is 0 Å². The molecule has 1 aliphatic heterocycles. The number of likely N-dealkylation sites (tertiary alicyclic amines) is 1. The second kappa shape index (κ2) is 5.85. The number of hydrogen-bond acceptors (Lipinski definition) is 2. The van der Waals surface area contributed by atoms with Gasteiger partial charge in [-0.15, -0.1) is 0 Å². The van der Waals surface area contributed by atoms with Crippen LogP contribution < -0.4 is 5.32 Å². The number of urea groups is 1. The molecule has 2 amide bonds. The van der Waals surface area contributed by atoms with Crippen LogP contribution >= 0.6 is 0 Å². The molecule has 1 saturated carbocycles. The SMILES string of the molecule is CC1(C(=O)O)CCN(C(=O)NC2CCCCC2(C)C)CC1. The van der Waals surface area contributed by atoms with Crippen LogP contribution in [0.4, 0.5) is 4.79 Å². The Labute approximate surface area is 127 Å². The van der Waals surface area contributed by atoms with Gasteiger partial charge in [0.2, 0.25) is 0 Å². The molecule has 0 spiro atoms. The van der Waals surface area contributed by atoms with Crippen molar-refractivity contribution in [2.75, 3.05) is 13.1 Å². The molecule has 1 atom stereocenters. The van der Waals surface area contributed by atoms with Crippen LogP contribution in [-0.2, 0) is 4.79 Å². The molecule has 2 N–H and O–H groups in total. The Balaban J connectivity index is 1.89. The molecular weight excluding hydrogens is 268 g/mol. The summed E-state index contributed by atoms with van der Waals surface area (Å²) in [5.41, 5.74) is -0.528. The van der Waals surface area contributed by atoms with Gasteiger partial charge in [-0.05, 0) is 38.0 Å². The second-order valence-corrected chi connectivity index (χ2v) is 7.59. The first-order valence-electron chi connectivity index (χ1n) is 8.03. The van der Waals surface area contributed by atoms with Crippen LogP contribution in [0.2, 0.25) is 0 Å². The minimum Gasteiger partial charge on any atom is -0.481 e. The van der Waals surface area contributed by atoms with Gasteiger partial charge in [0.25, 0.3) is 0 Å². The van der Waals surface area contributed by atoms with E-state index >= 15 is 0 Å². The van der Waals surface area contributed by atoms with E-state index in [4.69, 9.17) is 0 Å². The fraction of sp³-hybridized carbons (Fsp3) is 0.875. The number of nitrogens with one attached hydrogen (secondary N) is 1. The van der Waals surface area contributed by atoms with Crippen molar-refractivity contribution in [2.45, 2.75) is 65.3 Å². The number of piperidine rings is 1. The summed E-state index contributed by atoms with van der Waals surface area (Å²) in [6, 6.07) is 0.203. The van der Waals surface area contributed by atoms with Gasteiger partial charge < -0.3 is 15.3 Å². The van der Waals surface area contributed by atoms with Crippen molar-refractivity contribution < 1.29 is 14.7 Å². The van der Waals surface area contributed by atoms with E-state index < -0.39 is 11.4 Å². The van der Waals surface area contributed by atoms with Gasteiger partial charge in [-0.3, -0.25) is 4.79 Å². The standard InChI is InChI=1S/C16H28N2O3/c1-15(2)7-5-4-6-12(15)17-14(21)18-10-8-16(3,9-11-18)13(19)20/h12H,4-11H2,1-3H3,(H,17,21)(H,19,20). The Morgan fingerprint density at radius 1 is 1.10 bits per heavy atom. The minimum absolute atomic E-state index is 0.0255. The molecule has 0 aromatic carbocycles. The smallest absolute Gasteiger partial charge is 0.317 e. The minimum atomic E-state index is -0.754. The summed E-state index contributed by atoms with van der Waals surface area (Å²) in [6.45, 7) is 7.27. The fourth-order valence-electron chi connectivity index (χ4n) is 3.42. The predicted octanol–water partition coefficient (Wildman–Crippen LogP) is 2.85. The number of hydrogen-bond donors (Lipinski definition) is 2. The topological polar surface area (TPSA) is 69.6 Å². The largest absolute Gasteiger partial charge is 0.481 e. The molecule has 0 radical (unpaired) electrons. The van der Waals surface area contributed by atoms with E-state index in [0.29, 0.717) is 25.9 Å². The number of aliphatic carboxylic acids is 1. The number of rotatable bonds is 2. The Hall–Kier alpha value is -1.26. The zero-order valence-electron chi connectivity index (χ0n) is 13.4. The maximum atomic E-state index is 12.4. The number of amides is 2. The molecule has 5 heteroatoms. The average Bonchev–Trinajstić information content (AvgIpc) is 2.41. The van der Waals surface area contributed by atoms with Crippen LogP contribution in [0.25, 0.3) is 0 Å². The summed E-state index contributed by atoms with van der Waals surface area (Å²) in [5, 5.41) is 12.4. The summed E-state index contributed by atoms with van der Waals surface area (Å²) in [5.74, 6) is -0.754. The lowest BCUT2D eigenvalue weighted by molar-refractivity contribution is -0.150. The molecular formula is C16H28N2O3. The van der Waals surface area contributed by atoms with Gasteiger partial charge in [0.1, 0.15) is 0 Å². The van der Waals surface area contributed by atoms with Gasteiger partial charge in [-0.1, -0.05) is 26.7 Å². The number of carboxylic acids is 1. The molecule has 2 fully saturated rings. The highest BCUT2D eigenvalue weighted by molar-refractivity contribution is 5.77. The Morgan fingerprint density at radius 2 is 1.71 bits per heavy atom. The molecule has 2 rings (SSSR count). The zero-order valence-corrected chi connectivity index (χ0v) is 13.4. The first-order chi connectivity index (χ1) is 9.74. The highest BCUT2D eigenvalue weighted by atomic mass is 16.4. The summed E-state index contributed by atoms with van der Waals surface area (Å²) < 4.78 is 0. The van der Waals surface area contributed by atoms with Crippen molar-refractivity contribution in [2.24, 2.45) is 10.8 Å². The molecule has 1 saturated heterocycles. The van der Waals surface area contributed by atoms with Crippen LogP contribution in [0.1, 0.15) is 59.3 Å². The van der Waals surface area contributed by atoms with E-state index in [1.54, 1.807) is 11.8 Å². The first kappa shape index (κ1) is 16.1. The van der Waals surface area contributed by atoms with Gasteiger partial charge in [-0.2, -0.15) is 0 Å². The van der Waals surface area contributed by atoms with Crippen LogP contribution in [0, 0.1) is 10.8 Å². The van der Waals surface area contributed by atoms with Gasteiger partial charge >= 0.3 is 12.0 Å². The molecule has 120 valence electrons. The zero-order chi connectivity index (χ0) is 15.7. The highest BCUT2D eigenvalue weighted by Crippen LogP contribution is 2.36. The summed E-state index contributed by atoms with van der Waals surface area (Å²) in [7, 11) is 0.